The van der Waals surface area contributed by atoms with Crippen LogP contribution in [-0.2, 0) is 16.3 Å². The van der Waals surface area contributed by atoms with Crippen LogP contribution in [0.4, 0.5) is 0 Å². The number of aryl methyl sites for hydroxylation is 2. The molecule has 0 saturated heterocycles. The van der Waals surface area contributed by atoms with Crippen molar-refractivity contribution >= 4 is 9.84 Å². The van der Waals surface area contributed by atoms with E-state index in [0.29, 0.717) is 16.7 Å². The van der Waals surface area contributed by atoms with Gasteiger partial charge in [0.15, 0.2) is 9.84 Å². The molecule has 1 aromatic carbocycles. The Morgan fingerprint density at radius 3 is 2.39 bits per heavy atom. The summed E-state index contributed by atoms with van der Waals surface area (Å²) in [6, 6.07) is 10.3. The topological polar surface area (TPSA) is 86.0 Å². The molecule has 23 heavy (non-hydrogen) atoms. The van der Waals surface area contributed by atoms with E-state index in [1.807, 2.05) is 6.92 Å². The lowest BCUT2D eigenvalue weighted by atomic mass is 10.2. The van der Waals surface area contributed by atoms with Crippen LogP contribution in [0.1, 0.15) is 11.5 Å². The molecule has 3 aromatic rings. The number of rotatable bonds is 5. The van der Waals surface area contributed by atoms with Gasteiger partial charge in [-0.3, -0.25) is 4.98 Å². The van der Waals surface area contributed by atoms with E-state index in [9.17, 15) is 8.42 Å². The molecule has 6 nitrogen and oxygen atoms in total. The molecule has 0 spiro atoms. The predicted octanol–water partition coefficient (Wildman–Crippen LogP) is 2.46. The number of hydrogen-bond donors (Lipinski definition) is 0. The van der Waals surface area contributed by atoms with Crippen LogP contribution in [0.15, 0.2) is 58.1 Å². The van der Waals surface area contributed by atoms with E-state index in [1.54, 1.807) is 48.8 Å². The van der Waals surface area contributed by atoms with Gasteiger partial charge in [-0.05, 0) is 31.2 Å². The highest BCUT2D eigenvalue weighted by molar-refractivity contribution is 7.91. The van der Waals surface area contributed by atoms with Crippen LogP contribution < -0.4 is 0 Å². The Labute approximate surface area is 134 Å². The van der Waals surface area contributed by atoms with Crippen molar-refractivity contribution in [2.45, 2.75) is 18.2 Å². The summed E-state index contributed by atoms with van der Waals surface area (Å²) in [4.78, 5) is 4.22. The van der Waals surface area contributed by atoms with E-state index in [1.165, 1.54) is 0 Å². The van der Waals surface area contributed by atoms with Gasteiger partial charge in [0, 0.05) is 24.4 Å². The Balaban J connectivity index is 1.71. The first-order valence-electron chi connectivity index (χ1n) is 7.07. The molecule has 0 fully saturated rings. The first kappa shape index (κ1) is 15.4. The second kappa shape index (κ2) is 6.29. The fourth-order valence-corrected chi connectivity index (χ4v) is 3.28. The Morgan fingerprint density at radius 2 is 1.70 bits per heavy atom. The molecule has 0 unspecified atom stereocenters. The largest absolute Gasteiger partial charge is 0.421 e. The molecule has 7 heteroatoms. The number of pyridine rings is 1. The average Bonchev–Trinajstić information content (AvgIpc) is 3.03. The zero-order chi connectivity index (χ0) is 16.3. The summed E-state index contributed by atoms with van der Waals surface area (Å²) in [7, 11) is -3.37. The zero-order valence-electron chi connectivity index (χ0n) is 12.5. The quantitative estimate of drug-likeness (QED) is 0.714. The van der Waals surface area contributed by atoms with Crippen LogP contribution in [0.25, 0.3) is 11.5 Å². The molecule has 0 amide bonds. The monoisotopic (exact) mass is 329 g/mol. The van der Waals surface area contributed by atoms with Gasteiger partial charge in [-0.25, -0.2) is 8.42 Å². The number of hydrogen-bond acceptors (Lipinski definition) is 6. The van der Waals surface area contributed by atoms with E-state index in [0.717, 1.165) is 11.1 Å². The van der Waals surface area contributed by atoms with Crippen molar-refractivity contribution in [3.05, 3.63) is 60.2 Å². The van der Waals surface area contributed by atoms with Crippen molar-refractivity contribution in [2.75, 3.05) is 5.75 Å². The normalized spacial score (nSPS) is 11.5. The lowest BCUT2D eigenvalue weighted by molar-refractivity contribution is 0.510. The maximum atomic E-state index is 12.3. The maximum Gasteiger partial charge on any atom is 0.247 e. The molecule has 0 aliphatic rings. The van der Waals surface area contributed by atoms with Gasteiger partial charge in [-0.2, -0.15) is 0 Å². The Bertz CT molecular complexity index is 888. The van der Waals surface area contributed by atoms with Crippen LogP contribution in [0.3, 0.4) is 0 Å². The molecule has 0 atom stereocenters. The molecular weight excluding hydrogens is 314 g/mol. The van der Waals surface area contributed by atoms with Gasteiger partial charge in [0.05, 0.1) is 10.6 Å². The van der Waals surface area contributed by atoms with Crippen molar-refractivity contribution in [3.63, 3.8) is 0 Å². The van der Waals surface area contributed by atoms with Gasteiger partial charge >= 0.3 is 0 Å². The van der Waals surface area contributed by atoms with Crippen LogP contribution in [0.5, 0.6) is 0 Å². The van der Waals surface area contributed by atoms with Crippen LogP contribution >= 0.6 is 0 Å². The standard InChI is InChI=1S/C16H15N3O3S/c1-12-2-4-14(5-3-12)23(20,21)11-8-15-18-19-16(22-15)13-6-9-17-10-7-13/h2-7,9-10H,8,11H2,1H3. The summed E-state index contributed by atoms with van der Waals surface area (Å²) in [5.74, 6) is 0.580. The summed E-state index contributed by atoms with van der Waals surface area (Å²) >= 11 is 0. The van der Waals surface area contributed by atoms with Crippen molar-refractivity contribution < 1.29 is 12.8 Å². The molecule has 118 valence electrons. The summed E-state index contributed by atoms with van der Waals surface area (Å²) in [5.41, 5.74) is 1.77. The number of nitrogens with zero attached hydrogens (tertiary/aromatic N) is 3. The van der Waals surface area contributed by atoms with Crippen molar-refractivity contribution in [2.24, 2.45) is 0 Å². The Hall–Kier alpha value is -2.54. The first-order chi connectivity index (χ1) is 11.0. The lowest BCUT2D eigenvalue weighted by Gasteiger charge is -2.03. The van der Waals surface area contributed by atoms with E-state index in [-0.39, 0.29) is 12.2 Å². The molecule has 3 rings (SSSR count). The smallest absolute Gasteiger partial charge is 0.247 e. The second-order valence-electron chi connectivity index (χ2n) is 5.12. The average molecular weight is 329 g/mol. The predicted molar refractivity (Wildman–Crippen MR) is 84.5 cm³/mol. The third kappa shape index (κ3) is 3.62. The minimum Gasteiger partial charge on any atom is -0.421 e. The molecule has 0 bridgehead atoms. The number of benzene rings is 1. The Morgan fingerprint density at radius 1 is 1.00 bits per heavy atom. The van der Waals surface area contributed by atoms with Gasteiger partial charge in [0.25, 0.3) is 0 Å². The van der Waals surface area contributed by atoms with Gasteiger partial charge in [0.2, 0.25) is 11.8 Å². The molecule has 2 heterocycles. The van der Waals surface area contributed by atoms with Gasteiger partial charge in [-0.1, -0.05) is 17.7 Å². The van der Waals surface area contributed by atoms with Crippen LogP contribution in [-0.4, -0.2) is 29.4 Å². The van der Waals surface area contributed by atoms with Crippen molar-refractivity contribution in [1.29, 1.82) is 0 Å². The third-order valence-electron chi connectivity index (χ3n) is 3.36. The fraction of sp³-hybridized carbons (Fsp3) is 0.188. The maximum absolute atomic E-state index is 12.3. The second-order valence-corrected chi connectivity index (χ2v) is 7.23. The zero-order valence-corrected chi connectivity index (χ0v) is 13.3. The molecule has 0 saturated carbocycles. The highest BCUT2D eigenvalue weighted by Crippen LogP contribution is 2.18. The van der Waals surface area contributed by atoms with E-state index >= 15 is 0 Å². The molecular formula is C16H15N3O3S. The Kier molecular flexibility index (Phi) is 4.20. The summed E-state index contributed by atoms with van der Waals surface area (Å²) in [5, 5.41) is 7.83. The third-order valence-corrected chi connectivity index (χ3v) is 5.09. The van der Waals surface area contributed by atoms with Gasteiger partial charge < -0.3 is 4.42 Å². The minimum absolute atomic E-state index is 0.0754. The first-order valence-corrected chi connectivity index (χ1v) is 8.72. The van der Waals surface area contributed by atoms with Gasteiger partial charge in [0.1, 0.15) is 0 Å². The molecule has 0 aliphatic carbocycles. The highest BCUT2D eigenvalue weighted by atomic mass is 32.2. The van der Waals surface area contributed by atoms with Gasteiger partial charge in [-0.15, -0.1) is 10.2 Å². The number of aromatic nitrogens is 3. The molecule has 2 aromatic heterocycles. The van der Waals surface area contributed by atoms with Crippen LogP contribution in [0.2, 0.25) is 0 Å². The summed E-state index contributed by atoms with van der Waals surface area (Å²) in [6.07, 6.45) is 3.43. The van der Waals surface area contributed by atoms with E-state index in [2.05, 4.69) is 15.2 Å². The fourth-order valence-electron chi connectivity index (χ4n) is 2.05. The highest BCUT2D eigenvalue weighted by Gasteiger charge is 2.17. The van der Waals surface area contributed by atoms with E-state index < -0.39 is 9.84 Å². The molecule has 0 N–H and O–H groups in total. The van der Waals surface area contributed by atoms with Crippen molar-refractivity contribution in [1.82, 2.24) is 15.2 Å². The van der Waals surface area contributed by atoms with E-state index in [4.69, 9.17) is 4.42 Å². The van der Waals surface area contributed by atoms with Crippen LogP contribution in [0, 0.1) is 6.92 Å². The lowest BCUT2D eigenvalue weighted by Crippen LogP contribution is -2.09. The summed E-state index contributed by atoms with van der Waals surface area (Å²) in [6.45, 7) is 1.91. The molecule has 0 aliphatic heterocycles. The summed E-state index contributed by atoms with van der Waals surface area (Å²) < 4.78 is 30.1. The molecule has 0 radical (unpaired) electrons. The SMILES string of the molecule is Cc1ccc(S(=O)(=O)CCc2nnc(-c3ccncc3)o2)cc1. The van der Waals surface area contributed by atoms with Crippen molar-refractivity contribution in [3.8, 4) is 11.5 Å². The minimum atomic E-state index is -3.37. The number of sulfone groups is 1.